The zero-order valence-corrected chi connectivity index (χ0v) is 8.40. The molecule has 0 spiro atoms. The molecular weight excluding hydrogens is 168 g/mol. The normalized spacial score (nSPS) is 44.8. The van der Waals surface area contributed by atoms with Crippen LogP contribution >= 0.6 is 11.8 Å². The van der Waals surface area contributed by atoms with E-state index < -0.39 is 0 Å². The van der Waals surface area contributed by atoms with Crippen LogP contribution in [0.1, 0.15) is 26.2 Å². The molecule has 0 aliphatic carbocycles. The van der Waals surface area contributed by atoms with E-state index in [0.29, 0.717) is 5.41 Å². The first-order valence-corrected chi connectivity index (χ1v) is 5.57. The molecule has 1 nitrogen and oxygen atoms in total. The highest BCUT2D eigenvalue weighted by atomic mass is 32.2. The van der Waals surface area contributed by atoms with Gasteiger partial charge in [0.2, 0.25) is 0 Å². The van der Waals surface area contributed by atoms with Crippen LogP contribution in [0.3, 0.4) is 0 Å². The number of rotatable bonds is 3. The Balaban J connectivity index is 1.97. The largest absolute Gasteiger partial charge is 0.501 e. The van der Waals surface area contributed by atoms with E-state index in [1.54, 1.807) is 6.26 Å². The van der Waals surface area contributed by atoms with Crippen molar-refractivity contribution >= 4 is 11.8 Å². The minimum atomic E-state index is 0.432. The van der Waals surface area contributed by atoms with Crippen LogP contribution in [-0.4, -0.2) is 17.1 Å². The standard InChI is InChI=1S/C10H16OS/c1-3-11-7-10(2)6-8-4-5-9(10)12-8/h3,8-9H,1,4-7H2,2H3. The number of thioether (sulfide) groups is 1. The Hall–Kier alpha value is -0.110. The number of ether oxygens (including phenoxy) is 1. The second kappa shape index (κ2) is 2.99. The Morgan fingerprint density at radius 2 is 2.50 bits per heavy atom. The third-order valence-electron chi connectivity index (χ3n) is 3.11. The molecule has 0 N–H and O–H groups in total. The molecule has 3 unspecified atom stereocenters. The zero-order chi connectivity index (χ0) is 8.60. The molecule has 0 saturated carbocycles. The molecule has 3 atom stereocenters. The molecule has 2 aliphatic rings. The average molecular weight is 184 g/mol. The quantitative estimate of drug-likeness (QED) is 0.624. The third-order valence-corrected chi connectivity index (χ3v) is 5.03. The Morgan fingerprint density at radius 1 is 1.67 bits per heavy atom. The first-order valence-electron chi connectivity index (χ1n) is 4.62. The van der Waals surface area contributed by atoms with Gasteiger partial charge in [0.15, 0.2) is 0 Å². The van der Waals surface area contributed by atoms with Crippen LogP contribution in [0, 0.1) is 5.41 Å². The van der Waals surface area contributed by atoms with Gasteiger partial charge in [-0.2, -0.15) is 11.8 Å². The van der Waals surface area contributed by atoms with Crippen molar-refractivity contribution in [3.8, 4) is 0 Å². The maximum absolute atomic E-state index is 5.32. The van der Waals surface area contributed by atoms with E-state index in [0.717, 1.165) is 17.1 Å². The van der Waals surface area contributed by atoms with Gasteiger partial charge in [0.1, 0.15) is 0 Å². The summed E-state index contributed by atoms with van der Waals surface area (Å²) >= 11 is 2.17. The summed E-state index contributed by atoms with van der Waals surface area (Å²) in [7, 11) is 0. The fraction of sp³-hybridized carbons (Fsp3) is 0.800. The highest BCUT2D eigenvalue weighted by Gasteiger charge is 2.48. The minimum Gasteiger partial charge on any atom is -0.501 e. The van der Waals surface area contributed by atoms with Gasteiger partial charge in [-0.25, -0.2) is 0 Å². The lowest BCUT2D eigenvalue weighted by atomic mass is 9.76. The van der Waals surface area contributed by atoms with Gasteiger partial charge in [0.25, 0.3) is 0 Å². The molecule has 12 heavy (non-hydrogen) atoms. The molecule has 68 valence electrons. The molecule has 2 fully saturated rings. The zero-order valence-electron chi connectivity index (χ0n) is 7.58. The summed E-state index contributed by atoms with van der Waals surface area (Å²) in [5, 5.41) is 1.77. The molecule has 0 aromatic carbocycles. The maximum atomic E-state index is 5.32. The molecule has 0 amide bonds. The number of hydrogen-bond acceptors (Lipinski definition) is 2. The summed E-state index contributed by atoms with van der Waals surface area (Å²) in [5.74, 6) is 0. The van der Waals surface area contributed by atoms with Gasteiger partial charge in [-0.15, -0.1) is 0 Å². The summed E-state index contributed by atoms with van der Waals surface area (Å²) in [5.41, 5.74) is 0.432. The smallest absolute Gasteiger partial charge is 0.0937 e. The molecule has 2 rings (SSSR count). The van der Waals surface area contributed by atoms with Crippen LogP contribution in [0.15, 0.2) is 12.8 Å². The van der Waals surface area contributed by atoms with Crippen molar-refractivity contribution in [3.05, 3.63) is 12.8 Å². The van der Waals surface area contributed by atoms with Gasteiger partial charge in [-0.05, 0) is 19.3 Å². The lowest BCUT2D eigenvalue weighted by Crippen LogP contribution is -2.32. The first-order chi connectivity index (χ1) is 5.74. The van der Waals surface area contributed by atoms with E-state index in [9.17, 15) is 0 Å². The molecule has 2 saturated heterocycles. The number of fused-ring (bicyclic) bond motifs is 2. The molecule has 2 bridgehead atoms. The topological polar surface area (TPSA) is 9.23 Å². The van der Waals surface area contributed by atoms with Crippen molar-refractivity contribution in [3.63, 3.8) is 0 Å². The highest BCUT2D eigenvalue weighted by Crippen LogP contribution is 2.56. The van der Waals surface area contributed by atoms with Crippen molar-refractivity contribution in [1.29, 1.82) is 0 Å². The molecule has 2 heterocycles. The van der Waals surface area contributed by atoms with Crippen LogP contribution in [-0.2, 0) is 4.74 Å². The van der Waals surface area contributed by atoms with Crippen molar-refractivity contribution < 1.29 is 4.74 Å². The van der Waals surface area contributed by atoms with E-state index >= 15 is 0 Å². The van der Waals surface area contributed by atoms with Gasteiger partial charge in [-0.1, -0.05) is 13.5 Å². The fourth-order valence-corrected chi connectivity index (χ4v) is 4.40. The highest BCUT2D eigenvalue weighted by molar-refractivity contribution is 8.01. The summed E-state index contributed by atoms with van der Waals surface area (Å²) in [6, 6.07) is 0. The maximum Gasteiger partial charge on any atom is 0.0937 e. The molecule has 2 aliphatic heterocycles. The van der Waals surface area contributed by atoms with Crippen LogP contribution in [0.2, 0.25) is 0 Å². The number of hydrogen-bond donors (Lipinski definition) is 0. The second-order valence-electron chi connectivity index (χ2n) is 4.16. The SMILES string of the molecule is C=COCC1(C)CC2CCC1S2. The lowest BCUT2D eigenvalue weighted by molar-refractivity contribution is 0.106. The summed E-state index contributed by atoms with van der Waals surface area (Å²) in [4.78, 5) is 0. The summed E-state index contributed by atoms with van der Waals surface area (Å²) in [6.45, 7) is 6.81. The predicted molar refractivity (Wildman–Crippen MR) is 53.3 cm³/mol. The van der Waals surface area contributed by atoms with Gasteiger partial charge < -0.3 is 4.74 Å². The van der Waals surface area contributed by atoms with Gasteiger partial charge in [0.05, 0.1) is 12.9 Å². The molecular formula is C10H16OS. The van der Waals surface area contributed by atoms with E-state index in [1.807, 2.05) is 0 Å². The van der Waals surface area contributed by atoms with E-state index in [1.165, 1.54) is 19.3 Å². The molecule has 0 aromatic heterocycles. The Kier molecular flexibility index (Phi) is 2.11. The van der Waals surface area contributed by atoms with Gasteiger partial charge >= 0.3 is 0 Å². The summed E-state index contributed by atoms with van der Waals surface area (Å²) in [6.07, 6.45) is 5.74. The molecule has 0 aromatic rings. The van der Waals surface area contributed by atoms with Crippen LogP contribution < -0.4 is 0 Å². The average Bonchev–Trinajstić information content (AvgIpc) is 2.60. The Labute approximate surface area is 78.6 Å². The Bertz CT molecular complexity index is 192. The molecule has 2 heteroatoms. The lowest BCUT2D eigenvalue weighted by Gasteiger charge is -2.31. The summed E-state index contributed by atoms with van der Waals surface area (Å²) < 4.78 is 5.32. The van der Waals surface area contributed by atoms with Gasteiger partial charge in [-0.3, -0.25) is 0 Å². The van der Waals surface area contributed by atoms with Crippen LogP contribution in [0.5, 0.6) is 0 Å². The van der Waals surface area contributed by atoms with Crippen molar-refractivity contribution in [1.82, 2.24) is 0 Å². The minimum absolute atomic E-state index is 0.432. The molecule has 0 radical (unpaired) electrons. The first kappa shape index (κ1) is 8.49. The fourth-order valence-electron chi connectivity index (χ4n) is 2.42. The van der Waals surface area contributed by atoms with E-state index in [4.69, 9.17) is 4.74 Å². The van der Waals surface area contributed by atoms with E-state index in [-0.39, 0.29) is 0 Å². The third kappa shape index (κ3) is 1.26. The van der Waals surface area contributed by atoms with Crippen LogP contribution in [0.4, 0.5) is 0 Å². The predicted octanol–water partition coefficient (Wildman–Crippen LogP) is 2.82. The monoisotopic (exact) mass is 184 g/mol. The van der Waals surface area contributed by atoms with Crippen molar-refractivity contribution in [2.24, 2.45) is 5.41 Å². The van der Waals surface area contributed by atoms with Gasteiger partial charge in [0, 0.05) is 15.9 Å². The second-order valence-corrected chi connectivity index (χ2v) is 5.67. The Morgan fingerprint density at radius 3 is 3.00 bits per heavy atom. The van der Waals surface area contributed by atoms with Crippen molar-refractivity contribution in [2.45, 2.75) is 36.7 Å². The van der Waals surface area contributed by atoms with Crippen molar-refractivity contribution in [2.75, 3.05) is 6.61 Å². The van der Waals surface area contributed by atoms with Crippen LogP contribution in [0.25, 0.3) is 0 Å². The van der Waals surface area contributed by atoms with E-state index in [2.05, 4.69) is 25.3 Å².